The molecule has 0 fully saturated rings. The Bertz CT molecular complexity index is 993. The van der Waals surface area contributed by atoms with E-state index in [0.717, 1.165) is 11.1 Å². The third-order valence-corrected chi connectivity index (χ3v) is 5.05. The van der Waals surface area contributed by atoms with E-state index < -0.39 is 5.97 Å². The summed E-state index contributed by atoms with van der Waals surface area (Å²) in [5.41, 5.74) is 3.34. The van der Waals surface area contributed by atoms with Crippen LogP contribution in [-0.4, -0.2) is 24.8 Å². The van der Waals surface area contributed by atoms with Crippen LogP contribution in [0.5, 0.6) is 11.5 Å². The lowest BCUT2D eigenvalue weighted by Crippen LogP contribution is -2.23. The summed E-state index contributed by atoms with van der Waals surface area (Å²) in [6, 6.07) is 12.9. The molecule has 0 atom stereocenters. The molecule has 5 nitrogen and oxygen atoms in total. The fourth-order valence-corrected chi connectivity index (χ4v) is 3.41. The van der Waals surface area contributed by atoms with E-state index in [1.54, 1.807) is 33.3 Å². The van der Waals surface area contributed by atoms with Crippen molar-refractivity contribution in [2.24, 2.45) is 0 Å². The molecule has 0 unspecified atom stereocenters. The van der Waals surface area contributed by atoms with Crippen LogP contribution in [0.2, 0.25) is 5.02 Å². The van der Waals surface area contributed by atoms with Gasteiger partial charge in [0.05, 0.1) is 20.2 Å². The van der Waals surface area contributed by atoms with Crippen molar-refractivity contribution in [2.45, 2.75) is 19.9 Å². The third kappa shape index (κ3) is 3.99. The zero-order valence-corrected chi connectivity index (χ0v) is 16.7. The van der Waals surface area contributed by atoms with Gasteiger partial charge in [-0.05, 0) is 48.7 Å². The molecule has 0 aliphatic carbocycles. The van der Waals surface area contributed by atoms with Crippen molar-refractivity contribution < 1.29 is 19.4 Å². The van der Waals surface area contributed by atoms with Gasteiger partial charge in [0, 0.05) is 34.6 Å². The number of carbonyl (C=O) groups is 1. The largest absolute Gasteiger partial charge is 0.545 e. The molecule has 0 spiro atoms. The number of ether oxygens (including phenoxy) is 2. The SMILES string of the molecule is COc1ccc(CCn2cc(-c3ccc(Cl)cc3)c(C(=O)[O-])c2C)cc1OC. The Balaban J connectivity index is 1.90. The van der Waals surface area contributed by atoms with Crippen molar-refractivity contribution in [3.8, 4) is 22.6 Å². The number of aromatic carboxylic acids is 1. The summed E-state index contributed by atoms with van der Waals surface area (Å²) in [5.74, 6) is 0.154. The van der Waals surface area contributed by atoms with Crippen LogP contribution in [0.3, 0.4) is 0 Å². The zero-order chi connectivity index (χ0) is 20.3. The number of methoxy groups -OCH3 is 2. The molecule has 0 aliphatic rings. The fourth-order valence-electron chi connectivity index (χ4n) is 3.28. The third-order valence-electron chi connectivity index (χ3n) is 4.80. The first-order valence-corrected chi connectivity index (χ1v) is 9.20. The number of halogens is 1. The maximum absolute atomic E-state index is 11.7. The first kappa shape index (κ1) is 19.8. The van der Waals surface area contributed by atoms with Crippen LogP contribution >= 0.6 is 11.6 Å². The molecule has 0 radical (unpaired) electrons. The van der Waals surface area contributed by atoms with E-state index in [1.807, 2.05) is 41.1 Å². The monoisotopic (exact) mass is 398 g/mol. The highest BCUT2D eigenvalue weighted by Gasteiger charge is 2.15. The summed E-state index contributed by atoms with van der Waals surface area (Å²) in [6.45, 7) is 2.41. The maximum atomic E-state index is 11.7. The Hall–Kier alpha value is -2.92. The van der Waals surface area contributed by atoms with E-state index >= 15 is 0 Å². The molecule has 0 N–H and O–H groups in total. The van der Waals surface area contributed by atoms with Gasteiger partial charge in [0.2, 0.25) is 0 Å². The van der Waals surface area contributed by atoms with Crippen LogP contribution < -0.4 is 14.6 Å². The molecule has 28 heavy (non-hydrogen) atoms. The van der Waals surface area contributed by atoms with E-state index in [2.05, 4.69) is 0 Å². The van der Waals surface area contributed by atoms with Gasteiger partial charge in [0.25, 0.3) is 0 Å². The van der Waals surface area contributed by atoms with Crippen LogP contribution in [0, 0.1) is 6.92 Å². The first-order chi connectivity index (χ1) is 13.4. The van der Waals surface area contributed by atoms with Gasteiger partial charge in [-0.15, -0.1) is 0 Å². The van der Waals surface area contributed by atoms with Crippen LogP contribution in [-0.2, 0) is 13.0 Å². The number of hydrogen-bond acceptors (Lipinski definition) is 4. The quantitative estimate of drug-likeness (QED) is 0.608. The van der Waals surface area contributed by atoms with Crippen LogP contribution in [0.4, 0.5) is 0 Å². The Morgan fingerprint density at radius 1 is 1.07 bits per heavy atom. The maximum Gasteiger partial charge on any atom is 0.160 e. The van der Waals surface area contributed by atoms with E-state index in [1.165, 1.54) is 0 Å². The van der Waals surface area contributed by atoms with Gasteiger partial charge in [-0.25, -0.2) is 0 Å². The smallest absolute Gasteiger partial charge is 0.160 e. The van der Waals surface area contributed by atoms with Crippen molar-refractivity contribution in [1.82, 2.24) is 4.57 Å². The number of carbonyl (C=O) groups excluding carboxylic acids is 1. The molecule has 3 rings (SSSR count). The Kier molecular flexibility index (Phi) is 5.95. The first-order valence-electron chi connectivity index (χ1n) is 8.82. The normalized spacial score (nSPS) is 10.7. The summed E-state index contributed by atoms with van der Waals surface area (Å²) in [5, 5.41) is 12.3. The van der Waals surface area contributed by atoms with Crippen molar-refractivity contribution >= 4 is 17.6 Å². The van der Waals surface area contributed by atoms with Crippen molar-refractivity contribution in [3.05, 3.63) is 70.5 Å². The van der Waals surface area contributed by atoms with Crippen LogP contribution in [0.15, 0.2) is 48.7 Å². The topological polar surface area (TPSA) is 63.5 Å². The standard InChI is InChI=1S/C22H22ClNO4/c1-14-21(22(25)26)18(16-5-7-17(23)8-6-16)13-24(14)11-10-15-4-9-19(27-2)20(12-15)28-3/h4-9,12-13H,10-11H2,1-3H3,(H,25,26)/p-1. The predicted octanol–water partition coefficient (Wildman–Crippen LogP) is 3.74. The number of hydrogen-bond donors (Lipinski definition) is 0. The van der Waals surface area contributed by atoms with E-state index in [4.69, 9.17) is 21.1 Å². The molecule has 0 aliphatic heterocycles. The highest BCUT2D eigenvalue weighted by molar-refractivity contribution is 6.30. The second-order valence-corrected chi connectivity index (χ2v) is 6.87. The molecule has 3 aromatic rings. The molecule has 1 aromatic heterocycles. The van der Waals surface area contributed by atoms with Gasteiger partial charge in [0.1, 0.15) is 0 Å². The number of nitrogens with zero attached hydrogens (tertiary/aromatic N) is 1. The Morgan fingerprint density at radius 2 is 1.75 bits per heavy atom. The molecule has 6 heteroatoms. The predicted molar refractivity (Wildman–Crippen MR) is 107 cm³/mol. The lowest BCUT2D eigenvalue weighted by molar-refractivity contribution is -0.255. The van der Waals surface area contributed by atoms with Gasteiger partial charge in [-0.3, -0.25) is 0 Å². The highest BCUT2D eigenvalue weighted by atomic mass is 35.5. The fraction of sp³-hybridized carbons (Fsp3) is 0.227. The second kappa shape index (κ2) is 8.40. The van der Waals surface area contributed by atoms with Crippen molar-refractivity contribution in [1.29, 1.82) is 0 Å². The average molecular weight is 399 g/mol. The lowest BCUT2D eigenvalue weighted by Gasteiger charge is -2.11. The summed E-state index contributed by atoms with van der Waals surface area (Å²) in [7, 11) is 3.20. The molecule has 0 saturated carbocycles. The number of carboxylic acids is 1. The molecular formula is C22H21ClNO4-. The van der Waals surface area contributed by atoms with E-state index in [9.17, 15) is 9.90 Å². The molecule has 0 saturated heterocycles. The number of aryl methyl sites for hydroxylation is 2. The van der Waals surface area contributed by atoms with E-state index in [-0.39, 0.29) is 5.56 Å². The van der Waals surface area contributed by atoms with Gasteiger partial charge in [0.15, 0.2) is 11.5 Å². The van der Waals surface area contributed by atoms with E-state index in [0.29, 0.717) is 40.7 Å². The second-order valence-electron chi connectivity index (χ2n) is 6.43. The number of benzene rings is 2. The number of carboxylic acid groups (broad SMARTS) is 1. The summed E-state index contributed by atoms with van der Waals surface area (Å²) in [6.07, 6.45) is 2.56. The minimum absolute atomic E-state index is 0.203. The molecule has 0 bridgehead atoms. The average Bonchev–Trinajstić information content (AvgIpc) is 3.03. The van der Waals surface area contributed by atoms with Gasteiger partial charge in [-0.1, -0.05) is 29.8 Å². The summed E-state index contributed by atoms with van der Waals surface area (Å²) >= 11 is 5.95. The van der Waals surface area contributed by atoms with Gasteiger partial charge >= 0.3 is 0 Å². The van der Waals surface area contributed by atoms with Crippen LogP contribution in [0.25, 0.3) is 11.1 Å². The zero-order valence-electron chi connectivity index (χ0n) is 16.0. The molecule has 0 amide bonds. The van der Waals surface area contributed by atoms with Crippen LogP contribution in [0.1, 0.15) is 21.6 Å². The Labute approximate surface area is 169 Å². The van der Waals surface area contributed by atoms with Crippen molar-refractivity contribution in [3.63, 3.8) is 0 Å². The molecule has 146 valence electrons. The summed E-state index contributed by atoms with van der Waals surface area (Å²) < 4.78 is 12.5. The number of aromatic nitrogens is 1. The highest BCUT2D eigenvalue weighted by Crippen LogP contribution is 2.30. The summed E-state index contributed by atoms with van der Waals surface area (Å²) in [4.78, 5) is 11.7. The minimum atomic E-state index is -1.19. The number of rotatable bonds is 7. The lowest BCUT2D eigenvalue weighted by atomic mass is 10.0. The van der Waals surface area contributed by atoms with Gasteiger partial charge < -0.3 is 23.9 Å². The molecular weight excluding hydrogens is 378 g/mol. The van der Waals surface area contributed by atoms with Crippen molar-refractivity contribution in [2.75, 3.05) is 14.2 Å². The van der Waals surface area contributed by atoms with Gasteiger partial charge in [-0.2, -0.15) is 0 Å². The molecule has 2 aromatic carbocycles. The minimum Gasteiger partial charge on any atom is -0.545 e. The molecule has 1 heterocycles. The Morgan fingerprint density at radius 3 is 2.36 bits per heavy atom.